The Hall–Kier alpha value is -1.65. The van der Waals surface area contributed by atoms with E-state index in [0.29, 0.717) is 23.1 Å². The van der Waals surface area contributed by atoms with Crippen LogP contribution in [0.5, 0.6) is 0 Å². The average Bonchev–Trinajstić information content (AvgIpc) is 2.88. The van der Waals surface area contributed by atoms with Crippen LogP contribution in [0.15, 0.2) is 18.7 Å². The lowest BCUT2D eigenvalue weighted by molar-refractivity contribution is 0.799. The van der Waals surface area contributed by atoms with Gasteiger partial charge in [-0.2, -0.15) is 0 Å². The van der Waals surface area contributed by atoms with Crippen molar-refractivity contribution in [3.05, 3.63) is 51.7 Å². The number of hydrogen-bond acceptors (Lipinski definition) is 3. The molecule has 0 N–H and O–H groups in total. The standard InChI is InChI=1S/C16H16Cl2N4/c1-9-4-10(2)13(11(3)12(9)5-17)6-22-8-21-14-15(18)19-7-20-16(14)22/h4,7-8H,5-6H2,1-3H3. The van der Waals surface area contributed by atoms with Crippen molar-refractivity contribution in [3.63, 3.8) is 0 Å². The van der Waals surface area contributed by atoms with E-state index < -0.39 is 0 Å². The van der Waals surface area contributed by atoms with Crippen molar-refractivity contribution in [2.45, 2.75) is 33.2 Å². The van der Waals surface area contributed by atoms with Crippen molar-refractivity contribution in [2.75, 3.05) is 0 Å². The van der Waals surface area contributed by atoms with Crippen LogP contribution in [-0.4, -0.2) is 19.5 Å². The first kappa shape index (κ1) is 15.3. The summed E-state index contributed by atoms with van der Waals surface area (Å²) >= 11 is 12.2. The smallest absolute Gasteiger partial charge is 0.165 e. The minimum Gasteiger partial charge on any atom is -0.311 e. The first-order chi connectivity index (χ1) is 10.5. The van der Waals surface area contributed by atoms with Crippen LogP contribution in [0.25, 0.3) is 11.2 Å². The molecule has 0 aliphatic heterocycles. The van der Waals surface area contributed by atoms with Crippen LogP contribution in [0.4, 0.5) is 0 Å². The normalized spacial score (nSPS) is 11.3. The van der Waals surface area contributed by atoms with Crippen molar-refractivity contribution in [1.82, 2.24) is 19.5 Å². The summed E-state index contributed by atoms with van der Waals surface area (Å²) in [6.45, 7) is 7.02. The molecule has 3 rings (SSSR count). The van der Waals surface area contributed by atoms with E-state index in [1.807, 2.05) is 4.57 Å². The zero-order chi connectivity index (χ0) is 15.9. The Morgan fingerprint density at radius 3 is 2.50 bits per heavy atom. The van der Waals surface area contributed by atoms with Crippen LogP contribution in [0.1, 0.15) is 27.8 Å². The van der Waals surface area contributed by atoms with Crippen molar-refractivity contribution < 1.29 is 0 Å². The topological polar surface area (TPSA) is 43.6 Å². The largest absolute Gasteiger partial charge is 0.311 e. The molecule has 0 radical (unpaired) electrons. The van der Waals surface area contributed by atoms with Gasteiger partial charge in [-0.3, -0.25) is 0 Å². The fourth-order valence-electron chi connectivity index (χ4n) is 2.86. The fourth-order valence-corrected chi connectivity index (χ4v) is 3.45. The molecule has 0 spiro atoms. The summed E-state index contributed by atoms with van der Waals surface area (Å²) in [5.41, 5.74) is 7.51. The highest BCUT2D eigenvalue weighted by molar-refractivity contribution is 6.33. The quantitative estimate of drug-likeness (QED) is 0.532. The molecule has 0 aliphatic carbocycles. The van der Waals surface area contributed by atoms with Crippen LogP contribution in [-0.2, 0) is 12.4 Å². The van der Waals surface area contributed by atoms with Gasteiger partial charge >= 0.3 is 0 Å². The zero-order valence-electron chi connectivity index (χ0n) is 12.7. The summed E-state index contributed by atoms with van der Waals surface area (Å²) in [5.74, 6) is 0.517. The van der Waals surface area contributed by atoms with Crippen LogP contribution < -0.4 is 0 Å². The molecule has 4 nitrogen and oxygen atoms in total. The van der Waals surface area contributed by atoms with E-state index in [4.69, 9.17) is 23.2 Å². The van der Waals surface area contributed by atoms with Gasteiger partial charge in [0.2, 0.25) is 0 Å². The first-order valence-corrected chi connectivity index (χ1v) is 7.90. The Labute approximate surface area is 139 Å². The summed E-state index contributed by atoms with van der Waals surface area (Å²) in [5, 5.41) is 0.377. The number of benzene rings is 1. The van der Waals surface area contributed by atoms with Crippen LogP contribution >= 0.6 is 23.2 Å². The molecule has 0 bridgehead atoms. The van der Waals surface area contributed by atoms with Gasteiger partial charge in [0.05, 0.1) is 12.9 Å². The molecule has 114 valence electrons. The van der Waals surface area contributed by atoms with E-state index in [0.717, 1.165) is 5.65 Å². The SMILES string of the molecule is Cc1cc(C)c(Cn2cnc3c(Cl)ncnc32)c(C)c1CCl. The molecule has 1 aromatic carbocycles. The summed E-state index contributed by atoms with van der Waals surface area (Å²) in [4.78, 5) is 12.6. The third-order valence-electron chi connectivity index (χ3n) is 4.11. The maximum absolute atomic E-state index is 6.10. The average molecular weight is 335 g/mol. The minimum absolute atomic E-state index is 0.377. The Kier molecular flexibility index (Phi) is 4.06. The maximum atomic E-state index is 6.10. The molecule has 0 amide bonds. The molecule has 2 aromatic heterocycles. The molecule has 0 unspecified atom stereocenters. The predicted molar refractivity (Wildman–Crippen MR) is 89.6 cm³/mol. The van der Waals surface area contributed by atoms with Gasteiger partial charge in [-0.1, -0.05) is 17.7 Å². The monoisotopic (exact) mass is 334 g/mol. The molecule has 0 atom stereocenters. The van der Waals surface area contributed by atoms with Crippen molar-refractivity contribution in [1.29, 1.82) is 0 Å². The lowest BCUT2D eigenvalue weighted by Crippen LogP contribution is -2.06. The van der Waals surface area contributed by atoms with Crippen LogP contribution in [0.3, 0.4) is 0 Å². The van der Waals surface area contributed by atoms with E-state index in [-0.39, 0.29) is 0 Å². The van der Waals surface area contributed by atoms with E-state index in [1.165, 1.54) is 34.1 Å². The maximum Gasteiger partial charge on any atom is 0.165 e. The number of imidazole rings is 1. The van der Waals surface area contributed by atoms with Gasteiger partial charge in [0.15, 0.2) is 10.8 Å². The van der Waals surface area contributed by atoms with Gasteiger partial charge < -0.3 is 4.57 Å². The number of hydrogen-bond donors (Lipinski definition) is 0. The highest BCUT2D eigenvalue weighted by Crippen LogP contribution is 2.26. The first-order valence-electron chi connectivity index (χ1n) is 6.98. The Morgan fingerprint density at radius 1 is 1.05 bits per heavy atom. The van der Waals surface area contributed by atoms with E-state index in [9.17, 15) is 0 Å². The van der Waals surface area contributed by atoms with Crippen molar-refractivity contribution >= 4 is 34.4 Å². The predicted octanol–water partition coefficient (Wildman–Crippen LogP) is 4.19. The Morgan fingerprint density at radius 2 is 1.77 bits per heavy atom. The summed E-state index contributed by atoms with van der Waals surface area (Å²) in [7, 11) is 0. The highest BCUT2D eigenvalue weighted by Gasteiger charge is 2.14. The van der Waals surface area contributed by atoms with Gasteiger partial charge in [0.1, 0.15) is 11.8 Å². The third kappa shape index (κ3) is 2.46. The molecule has 6 heteroatoms. The number of fused-ring (bicyclic) bond motifs is 1. The minimum atomic E-state index is 0.377. The molecule has 22 heavy (non-hydrogen) atoms. The molecule has 0 saturated heterocycles. The third-order valence-corrected chi connectivity index (χ3v) is 4.65. The zero-order valence-corrected chi connectivity index (χ0v) is 14.2. The second kappa shape index (κ2) is 5.86. The Balaban J connectivity index is 2.11. The summed E-state index contributed by atoms with van der Waals surface area (Å²) < 4.78 is 1.99. The second-order valence-electron chi connectivity index (χ2n) is 5.44. The summed E-state index contributed by atoms with van der Waals surface area (Å²) in [6.07, 6.45) is 3.21. The van der Waals surface area contributed by atoms with E-state index in [1.54, 1.807) is 6.33 Å². The number of aromatic nitrogens is 4. The molecule has 0 aliphatic rings. The van der Waals surface area contributed by atoms with E-state index >= 15 is 0 Å². The van der Waals surface area contributed by atoms with Gasteiger partial charge in [0.25, 0.3) is 0 Å². The molecule has 3 aromatic rings. The van der Waals surface area contributed by atoms with Crippen LogP contribution in [0, 0.1) is 20.8 Å². The second-order valence-corrected chi connectivity index (χ2v) is 6.06. The van der Waals surface area contributed by atoms with Gasteiger partial charge in [-0.25, -0.2) is 15.0 Å². The summed E-state index contributed by atoms with van der Waals surface area (Å²) in [6, 6.07) is 2.18. The number of halogens is 2. The van der Waals surface area contributed by atoms with Gasteiger partial charge in [-0.15, -0.1) is 11.6 Å². The lowest BCUT2D eigenvalue weighted by atomic mass is 9.94. The van der Waals surface area contributed by atoms with Crippen LogP contribution in [0.2, 0.25) is 5.15 Å². The van der Waals surface area contributed by atoms with Gasteiger partial charge in [0, 0.05) is 5.88 Å². The van der Waals surface area contributed by atoms with Crippen molar-refractivity contribution in [2.24, 2.45) is 0 Å². The highest BCUT2D eigenvalue weighted by atomic mass is 35.5. The van der Waals surface area contributed by atoms with Gasteiger partial charge in [-0.05, 0) is 48.6 Å². The molecule has 0 fully saturated rings. The number of rotatable bonds is 3. The van der Waals surface area contributed by atoms with Crippen molar-refractivity contribution in [3.8, 4) is 0 Å². The fraction of sp³-hybridized carbons (Fsp3) is 0.312. The number of nitrogens with zero attached hydrogens (tertiary/aromatic N) is 4. The lowest BCUT2D eigenvalue weighted by Gasteiger charge is -2.16. The molecular formula is C16H16Cl2N4. The molecule has 2 heterocycles. The number of aryl methyl sites for hydroxylation is 2. The Bertz CT molecular complexity index is 855. The molecular weight excluding hydrogens is 319 g/mol. The van der Waals surface area contributed by atoms with E-state index in [2.05, 4.69) is 41.8 Å². The molecule has 0 saturated carbocycles. The number of alkyl halides is 1.